The fourth-order valence-corrected chi connectivity index (χ4v) is 3.13. The number of morpholine rings is 1. The van der Waals surface area contributed by atoms with Crippen LogP contribution in [-0.2, 0) is 16.1 Å². The third-order valence-electron chi connectivity index (χ3n) is 4.89. The van der Waals surface area contributed by atoms with Gasteiger partial charge in [0.15, 0.2) is 0 Å². The van der Waals surface area contributed by atoms with Crippen molar-refractivity contribution < 1.29 is 14.3 Å². The summed E-state index contributed by atoms with van der Waals surface area (Å²) in [5.74, 6) is -0.162. The van der Waals surface area contributed by atoms with Crippen molar-refractivity contribution in [3.05, 3.63) is 30.1 Å². The van der Waals surface area contributed by atoms with Crippen molar-refractivity contribution in [2.75, 3.05) is 33.3 Å². The predicted molar refractivity (Wildman–Crippen MR) is 88.2 cm³/mol. The van der Waals surface area contributed by atoms with Crippen molar-refractivity contribution >= 4 is 11.9 Å². The van der Waals surface area contributed by atoms with Crippen LogP contribution in [-0.4, -0.2) is 76.6 Å². The molecule has 7 heteroatoms. The van der Waals surface area contributed by atoms with Gasteiger partial charge in [-0.1, -0.05) is 0 Å². The van der Waals surface area contributed by atoms with Gasteiger partial charge >= 0.3 is 6.03 Å². The highest BCUT2D eigenvalue weighted by Crippen LogP contribution is 2.26. The second-order valence-electron chi connectivity index (χ2n) is 6.90. The molecule has 2 saturated heterocycles. The summed E-state index contributed by atoms with van der Waals surface area (Å²) in [5, 5.41) is 0. The summed E-state index contributed by atoms with van der Waals surface area (Å²) in [6, 6.07) is 3.74. The Kier molecular flexibility index (Phi) is 4.56. The van der Waals surface area contributed by atoms with Gasteiger partial charge < -0.3 is 9.64 Å². The predicted octanol–water partition coefficient (Wildman–Crippen LogP) is 0.955. The van der Waals surface area contributed by atoms with Gasteiger partial charge in [-0.2, -0.15) is 0 Å². The normalized spacial score (nSPS) is 24.7. The van der Waals surface area contributed by atoms with E-state index in [0.29, 0.717) is 19.7 Å². The molecule has 3 amide bonds. The van der Waals surface area contributed by atoms with Crippen molar-refractivity contribution in [3.8, 4) is 0 Å². The number of nitrogens with zero attached hydrogens (tertiary/aromatic N) is 4. The van der Waals surface area contributed by atoms with Crippen molar-refractivity contribution in [2.45, 2.75) is 32.0 Å². The van der Waals surface area contributed by atoms with Crippen LogP contribution >= 0.6 is 0 Å². The molecule has 1 aromatic rings. The smallest absolute Gasteiger partial charge is 0.327 e. The third kappa shape index (κ3) is 3.14. The Morgan fingerprint density at radius 2 is 2.00 bits per heavy atom. The topological polar surface area (TPSA) is 66.0 Å². The summed E-state index contributed by atoms with van der Waals surface area (Å²) in [6.07, 6.45) is 3.41. The molecule has 2 aliphatic heterocycles. The van der Waals surface area contributed by atoms with E-state index in [1.165, 1.54) is 15.4 Å². The molecule has 3 heterocycles. The molecular weight excluding hydrogens is 308 g/mol. The maximum atomic E-state index is 12.5. The number of carbonyl (C=O) groups excluding carboxylic acids is 2. The summed E-state index contributed by atoms with van der Waals surface area (Å²) >= 11 is 0. The SMILES string of the molecule is CN1C(=O)N(CC2CN(Cc3ccncc3)CCO2)C(=O)C1(C)C. The van der Waals surface area contributed by atoms with E-state index >= 15 is 0 Å². The summed E-state index contributed by atoms with van der Waals surface area (Å²) in [4.78, 5) is 33.9. The molecule has 1 atom stereocenters. The van der Waals surface area contributed by atoms with Gasteiger partial charge in [-0.15, -0.1) is 0 Å². The van der Waals surface area contributed by atoms with E-state index in [-0.39, 0.29) is 18.0 Å². The highest BCUT2D eigenvalue weighted by Gasteiger charge is 2.49. The molecule has 0 bridgehead atoms. The standard InChI is InChI=1S/C17H24N4O3/c1-17(2)15(22)21(16(23)19(17)3)12-14-11-20(8-9-24-14)10-13-4-6-18-7-5-13/h4-7,14H,8-12H2,1-3H3. The number of imide groups is 1. The quantitative estimate of drug-likeness (QED) is 0.768. The first-order chi connectivity index (χ1) is 11.4. The molecule has 2 aliphatic rings. The molecule has 1 unspecified atom stereocenters. The van der Waals surface area contributed by atoms with Gasteiger partial charge in [-0.3, -0.25) is 19.6 Å². The van der Waals surface area contributed by atoms with Crippen LogP contribution in [0.5, 0.6) is 0 Å². The largest absolute Gasteiger partial charge is 0.374 e. The van der Waals surface area contributed by atoms with Crippen LogP contribution in [0, 0.1) is 0 Å². The van der Waals surface area contributed by atoms with Crippen molar-refractivity contribution in [1.29, 1.82) is 0 Å². The Labute approximate surface area is 142 Å². The van der Waals surface area contributed by atoms with Gasteiger partial charge in [0.1, 0.15) is 5.54 Å². The Morgan fingerprint density at radius 1 is 1.29 bits per heavy atom. The first-order valence-electron chi connectivity index (χ1n) is 8.22. The Morgan fingerprint density at radius 3 is 2.62 bits per heavy atom. The number of ether oxygens (including phenoxy) is 1. The number of pyridine rings is 1. The van der Waals surface area contributed by atoms with E-state index in [2.05, 4.69) is 9.88 Å². The first-order valence-corrected chi connectivity index (χ1v) is 8.22. The maximum Gasteiger partial charge on any atom is 0.327 e. The molecule has 2 fully saturated rings. The number of aromatic nitrogens is 1. The Bertz CT molecular complexity index is 620. The van der Waals surface area contributed by atoms with E-state index in [9.17, 15) is 9.59 Å². The minimum atomic E-state index is -0.789. The lowest BCUT2D eigenvalue weighted by Crippen LogP contribution is -2.49. The van der Waals surface area contributed by atoms with Gasteiger partial charge in [-0.05, 0) is 31.5 Å². The van der Waals surface area contributed by atoms with Gasteiger partial charge in [0.2, 0.25) is 0 Å². The van der Waals surface area contributed by atoms with Gasteiger partial charge in [0, 0.05) is 39.1 Å². The molecule has 1 aromatic heterocycles. The van der Waals surface area contributed by atoms with Crippen LogP contribution in [0.4, 0.5) is 4.79 Å². The van der Waals surface area contributed by atoms with Crippen LogP contribution in [0.1, 0.15) is 19.4 Å². The fourth-order valence-electron chi connectivity index (χ4n) is 3.13. The molecule has 0 N–H and O–H groups in total. The number of rotatable bonds is 4. The number of urea groups is 1. The molecule has 130 valence electrons. The number of hydrogen-bond acceptors (Lipinski definition) is 5. The van der Waals surface area contributed by atoms with E-state index in [1.54, 1.807) is 33.3 Å². The summed E-state index contributed by atoms with van der Waals surface area (Å²) < 4.78 is 5.79. The molecule has 7 nitrogen and oxygen atoms in total. The van der Waals surface area contributed by atoms with Crippen LogP contribution in [0.2, 0.25) is 0 Å². The number of hydrogen-bond donors (Lipinski definition) is 0. The van der Waals surface area contributed by atoms with E-state index < -0.39 is 5.54 Å². The Balaban J connectivity index is 1.62. The minimum Gasteiger partial charge on any atom is -0.374 e. The average Bonchev–Trinajstić information content (AvgIpc) is 2.71. The zero-order valence-electron chi connectivity index (χ0n) is 14.4. The van der Waals surface area contributed by atoms with Gasteiger partial charge in [0.05, 0.1) is 19.3 Å². The number of likely N-dealkylation sites (N-methyl/N-ethyl adjacent to an activating group) is 1. The molecule has 0 saturated carbocycles. The molecule has 0 spiro atoms. The maximum absolute atomic E-state index is 12.5. The van der Waals surface area contributed by atoms with E-state index in [1.807, 2.05) is 12.1 Å². The minimum absolute atomic E-state index is 0.157. The highest BCUT2D eigenvalue weighted by molar-refractivity contribution is 6.06. The molecule has 0 aliphatic carbocycles. The van der Waals surface area contributed by atoms with Gasteiger partial charge in [-0.25, -0.2) is 4.79 Å². The van der Waals surface area contributed by atoms with Crippen molar-refractivity contribution in [1.82, 2.24) is 19.7 Å². The van der Waals surface area contributed by atoms with E-state index in [4.69, 9.17) is 4.74 Å². The zero-order valence-corrected chi connectivity index (χ0v) is 14.4. The third-order valence-corrected chi connectivity index (χ3v) is 4.89. The van der Waals surface area contributed by atoms with Crippen LogP contribution in [0.25, 0.3) is 0 Å². The lowest BCUT2D eigenvalue weighted by Gasteiger charge is -2.34. The fraction of sp³-hybridized carbons (Fsp3) is 0.588. The summed E-state index contributed by atoms with van der Waals surface area (Å²) in [7, 11) is 1.66. The summed E-state index contributed by atoms with van der Waals surface area (Å²) in [5.41, 5.74) is 0.405. The lowest BCUT2D eigenvalue weighted by molar-refractivity contribution is -0.133. The van der Waals surface area contributed by atoms with Crippen LogP contribution in [0.3, 0.4) is 0 Å². The molecule has 24 heavy (non-hydrogen) atoms. The average molecular weight is 332 g/mol. The first kappa shape index (κ1) is 16.9. The summed E-state index contributed by atoms with van der Waals surface area (Å²) in [6.45, 7) is 6.80. The van der Waals surface area contributed by atoms with Crippen molar-refractivity contribution in [2.24, 2.45) is 0 Å². The highest BCUT2D eigenvalue weighted by atomic mass is 16.5. The number of amides is 3. The molecular formula is C17H24N4O3. The van der Waals surface area contributed by atoms with Crippen LogP contribution < -0.4 is 0 Å². The lowest BCUT2D eigenvalue weighted by atomic mass is 10.1. The van der Waals surface area contributed by atoms with Gasteiger partial charge in [0.25, 0.3) is 5.91 Å². The molecule has 0 radical (unpaired) electrons. The second kappa shape index (κ2) is 6.49. The van der Waals surface area contributed by atoms with Crippen molar-refractivity contribution in [3.63, 3.8) is 0 Å². The Hall–Kier alpha value is -1.99. The monoisotopic (exact) mass is 332 g/mol. The number of carbonyl (C=O) groups is 2. The van der Waals surface area contributed by atoms with Crippen LogP contribution in [0.15, 0.2) is 24.5 Å². The molecule has 3 rings (SSSR count). The zero-order chi connectivity index (χ0) is 17.3. The second-order valence-corrected chi connectivity index (χ2v) is 6.90. The molecule has 0 aromatic carbocycles. The van der Waals surface area contributed by atoms with E-state index in [0.717, 1.165) is 13.1 Å².